The highest BCUT2D eigenvalue weighted by atomic mass is 16.5. The molecular formula is C12H13NO5. The molecule has 1 atom stereocenters. The van der Waals surface area contributed by atoms with Gasteiger partial charge >= 0.3 is 5.97 Å². The number of nitrogens with one attached hydrogen (secondary N) is 1. The van der Waals surface area contributed by atoms with Crippen molar-refractivity contribution in [3.8, 4) is 5.75 Å². The number of methoxy groups -OCH3 is 1. The summed E-state index contributed by atoms with van der Waals surface area (Å²) in [6.45, 7) is -0.149. The van der Waals surface area contributed by atoms with E-state index in [-0.39, 0.29) is 18.9 Å². The van der Waals surface area contributed by atoms with Gasteiger partial charge in [0, 0.05) is 13.0 Å². The zero-order valence-corrected chi connectivity index (χ0v) is 9.80. The molecular weight excluding hydrogens is 238 g/mol. The lowest BCUT2D eigenvalue weighted by atomic mass is 10.1. The Bertz CT molecular complexity index is 485. The van der Waals surface area contributed by atoms with Crippen molar-refractivity contribution in [3.05, 3.63) is 23.8 Å². The number of amides is 1. The highest BCUT2D eigenvalue weighted by molar-refractivity contribution is 5.99. The third-order valence-corrected chi connectivity index (χ3v) is 2.61. The van der Waals surface area contributed by atoms with Crippen molar-refractivity contribution >= 4 is 17.6 Å². The summed E-state index contributed by atoms with van der Waals surface area (Å²) in [7, 11) is 1.29. The van der Waals surface area contributed by atoms with E-state index in [0.717, 1.165) is 0 Å². The summed E-state index contributed by atoms with van der Waals surface area (Å²) in [6, 6.07) is 4.63. The molecule has 0 aliphatic carbocycles. The molecule has 0 bridgehead atoms. The van der Waals surface area contributed by atoms with Crippen LogP contribution in [0, 0.1) is 0 Å². The lowest BCUT2D eigenvalue weighted by molar-refractivity contribution is -0.124. The molecule has 0 radical (unpaired) electrons. The third-order valence-electron chi connectivity index (χ3n) is 2.61. The SMILES string of the molecule is COC(=O)c1ccc2c(c1)OC(CCO)C(=O)N2. The van der Waals surface area contributed by atoms with Gasteiger partial charge in [-0.1, -0.05) is 0 Å². The van der Waals surface area contributed by atoms with Gasteiger partial charge in [0.05, 0.1) is 18.4 Å². The number of hydrogen-bond donors (Lipinski definition) is 2. The molecule has 2 rings (SSSR count). The van der Waals surface area contributed by atoms with Gasteiger partial charge in [-0.15, -0.1) is 0 Å². The van der Waals surface area contributed by atoms with E-state index < -0.39 is 12.1 Å². The number of esters is 1. The maximum Gasteiger partial charge on any atom is 0.337 e. The number of aliphatic hydroxyl groups is 1. The second kappa shape index (κ2) is 5.05. The van der Waals surface area contributed by atoms with Crippen LogP contribution in [-0.2, 0) is 9.53 Å². The molecule has 6 heteroatoms. The molecule has 6 nitrogen and oxygen atoms in total. The van der Waals surface area contributed by atoms with E-state index in [9.17, 15) is 9.59 Å². The molecule has 1 aromatic rings. The molecule has 0 aromatic heterocycles. The Hall–Kier alpha value is -2.08. The molecule has 1 unspecified atom stereocenters. The van der Waals surface area contributed by atoms with E-state index in [1.807, 2.05) is 0 Å². The van der Waals surface area contributed by atoms with Crippen molar-refractivity contribution in [1.82, 2.24) is 0 Å². The minimum Gasteiger partial charge on any atom is -0.478 e. The molecule has 1 aliphatic heterocycles. The zero-order valence-electron chi connectivity index (χ0n) is 9.80. The summed E-state index contributed by atoms with van der Waals surface area (Å²) in [5.74, 6) is -0.379. The van der Waals surface area contributed by atoms with Crippen LogP contribution >= 0.6 is 0 Å². The van der Waals surface area contributed by atoms with Crippen LogP contribution in [0.2, 0.25) is 0 Å². The summed E-state index contributed by atoms with van der Waals surface area (Å²) in [5.41, 5.74) is 0.844. The highest BCUT2D eigenvalue weighted by Crippen LogP contribution is 2.31. The molecule has 1 amide bonds. The van der Waals surface area contributed by atoms with Crippen LogP contribution in [0.15, 0.2) is 18.2 Å². The first-order chi connectivity index (χ1) is 8.65. The number of carbonyl (C=O) groups excluding carboxylic acids is 2. The molecule has 0 spiro atoms. The summed E-state index contributed by atoms with van der Waals surface area (Å²) < 4.78 is 10.0. The Kier molecular flexibility index (Phi) is 3.47. The summed E-state index contributed by atoms with van der Waals surface area (Å²) in [5, 5.41) is 11.5. The fourth-order valence-electron chi connectivity index (χ4n) is 1.70. The number of carbonyl (C=O) groups is 2. The quantitative estimate of drug-likeness (QED) is 0.766. The van der Waals surface area contributed by atoms with Gasteiger partial charge in [0.2, 0.25) is 0 Å². The van der Waals surface area contributed by atoms with Crippen molar-refractivity contribution in [2.45, 2.75) is 12.5 Å². The Morgan fingerprint density at radius 1 is 1.56 bits per heavy atom. The maximum absolute atomic E-state index is 11.6. The predicted octanol–water partition coefficient (Wildman–Crippen LogP) is 0.555. The van der Waals surface area contributed by atoms with Crippen LogP contribution in [0.25, 0.3) is 0 Å². The number of ether oxygens (including phenoxy) is 2. The van der Waals surface area contributed by atoms with E-state index in [0.29, 0.717) is 17.0 Å². The van der Waals surface area contributed by atoms with E-state index in [1.165, 1.54) is 13.2 Å². The number of rotatable bonds is 3. The fourth-order valence-corrected chi connectivity index (χ4v) is 1.70. The van der Waals surface area contributed by atoms with E-state index in [2.05, 4.69) is 10.1 Å². The number of aliphatic hydroxyl groups excluding tert-OH is 1. The number of fused-ring (bicyclic) bond motifs is 1. The Morgan fingerprint density at radius 2 is 2.33 bits per heavy atom. The van der Waals surface area contributed by atoms with E-state index in [1.54, 1.807) is 12.1 Å². The first kappa shape index (κ1) is 12.4. The van der Waals surface area contributed by atoms with E-state index in [4.69, 9.17) is 9.84 Å². The molecule has 0 saturated carbocycles. The summed E-state index contributed by atoms with van der Waals surface area (Å²) in [6.07, 6.45) is -0.538. The lowest BCUT2D eigenvalue weighted by Gasteiger charge is -2.25. The summed E-state index contributed by atoms with van der Waals surface area (Å²) >= 11 is 0. The predicted molar refractivity (Wildman–Crippen MR) is 62.5 cm³/mol. The van der Waals surface area contributed by atoms with E-state index >= 15 is 0 Å². The van der Waals surface area contributed by atoms with Gasteiger partial charge in [-0.2, -0.15) is 0 Å². The number of benzene rings is 1. The van der Waals surface area contributed by atoms with Crippen molar-refractivity contribution in [1.29, 1.82) is 0 Å². The molecule has 1 heterocycles. The maximum atomic E-state index is 11.6. The molecule has 96 valence electrons. The van der Waals surface area contributed by atoms with Crippen LogP contribution in [0.4, 0.5) is 5.69 Å². The normalized spacial score (nSPS) is 17.4. The summed E-state index contributed by atoms with van der Waals surface area (Å²) in [4.78, 5) is 22.9. The number of anilines is 1. The molecule has 18 heavy (non-hydrogen) atoms. The Balaban J connectivity index is 2.28. The smallest absolute Gasteiger partial charge is 0.337 e. The van der Waals surface area contributed by atoms with Gasteiger partial charge in [-0.05, 0) is 18.2 Å². The second-order valence-electron chi connectivity index (χ2n) is 3.81. The van der Waals surface area contributed by atoms with Crippen LogP contribution in [0.5, 0.6) is 5.75 Å². The monoisotopic (exact) mass is 251 g/mol. The van der Waals surface area contributed by atoms with Crippen LogP contribution in [0.3, 0.4) is 0 Å². The van der Waals surface area contributed by atoms with Gasteiger partial charge in [0.15, 0.2) is 6.10 Å². The largest absolute Gasteiger partial charge is 0.478 e. The van der Waals surface area contributed by atoms with Crippen LogP contribution in [0.1, 0.15) is 16.8 Å². The number of hydrogen-bond acceptors (Lipinski definition) is 5. The van der Waals surface area contributed by atoms with Crippen molar-refractivity contribution in [2.75, 3.05) is 19.0 Å². The van der Waals surface area contributed by atoms with Gasteiger partial charge in [0.1, 0.15) is 5.75 Å². The fraction of sp³-hybridized carbons (Fsp3) is 0.333. The molecule has 2 N–H and O–H groups in total. The zero-order chi connectivity index (χ0) is 13.1. The van der Waals surface area contributed by atoms with Crippen LogP contribution < -0.4 is 10.1 Å². The van der Waals surface area contributed by atoms with Crippen molar-refractivity contribution in [2.24, 2.45) is 0 Å². The highest BCUT2D eigenvalue weighted by Gasteiger charge is 2.27. The molecule has 1 aliphatic rings. The molecule has 0 fully saturated rings. The first-order valence-corrected chi connectivity index (χ1v) is 5.46. The molecule has 1 aromatic carbocycles. The Labute approximate surface area is 104 Å². The standard InChI is InChI=1S/C12H13NO5/c1-17-12(16)7-2-3-8-10(6-7)18-9(4-5-14)11(15)13-8/h2-3,6,9,14H,4-5H2,1H3,(H,13,15). The van der Waals surface area contributed by atoms with Gasteiger partial charge in [-0.25, -0.2) is 4.79 Å². The van der Waals surface area contributed by atoms with Crippen molar-refractivity contribution < 1.29 is 24.2 Å². The van der Waals surface area contributed by atoms with Gasteiger partial charge in [-0.3, -0.25) is 4.79 Å². The van der Waals surface area contributed by atoms with Gasteiger partial charge < -0.3 is 19.9 Å². The van der Waals surface area contributed by atoms with Crippen molar-refractivity contribution in [3.63, 3.8) is 0 Å². The van der Waals surface area contributed by atoms with Crippen LogP contribution in [-0.4, -0.2) is 36.8 Å². The topological polar surface area (TPSA) is 84.9 Å². The average molecular weight is 251 g/mol. The van der Waals surface area contributed by atoms with Gasteiger partial charge in [0.25, 0.3) is 5.91 Å². The lowest BCUT2D eigenvalue weighted by Crippen LogP contribution is -2.37. The molecule has 0 saturated heterocycles. The minimum atomic E-state index is -0.740. The second-order valence-corrected chi connectivity index (χ2v) is 3.81. The average Bonchev–Trinajstić information content (AvgIpc) is 2.38. The third kappa shape index (κ3) is 2.28. The first-order valence-electron chi connectivity index (χ1n) is 5.46. The Morgan fingerprint density at radius 3 is 3.00 bits per heavy atom. The minimum absolute atomic E-state index is 0.149.